The number of ether oxygens (including phenoxy) is 1. The summed E-state index contributed by atoms with van der Waals surface area (Å²) in [6.45, 7) is 6.56. The van der Waals surface area contributed by atoms with E-state index in [1.807, 2.05) is 6.08 Å². The van der Waals surface area contributed by atoms with Crippen LogP contribution in [0.2, 0.25) is 0 Å². The maximum atomic E-state index is 8.97. The van der Waals surface area contributed by atoms with Gasteiger partial charge in [-0.25, -0.2) is 0 Å². The summed E-state index contributed by atoms with van der Waals surface area (Å²) in [6.07, 6.45) is 7.14. The van der Waals surface area contributed by atoms with E-state index in [0.717, 1.165) is 51.3 Å². The Morgan fingerprint density at radius 3 is 2.72 bits per heavy atom. The molecule has 2 aliphatic rings. The average molecular weight is 252 g/mol. The smallest absolute Gasteiger partial charge is 0.0794 e. The van der Waals surface area contributed by atoms with E-state index >= 15 is 0 Å². The lowest BCUT2D eigenvalue weighted by atomic mass is 10.1. The number of likely N-dealkylation sites (N-methyl/N-ethyl adjacent to an activating group) is 1. The third-order valence-electron chi connectivity index (χ3n) is 3.66. The third kappa shape index (κ3) is 4.21. The van der Waals surface area contributed by atoms with E-state index in [1.165, 1.54) is 0 Å². The molecule has 0 bridgehead atoms. The summed E-state index contributed by atoms with van der Waals surface area (Å²) in [5.41, 5.74) is 0.994. The molecule has 4 nitrogen and oxygen atoms in total. The van der Waals surface area contributed by atoms with Gasteiger partial charge in [0.2, 0.25) is 0 Å². The van der Waals surface area contributed by atoms with Crippen molar-refractivity contribution in [2.24, 2.45) is 0 Å². The van der Waals surface area contributed by atoms with Crippen LogP contribution >= 0.6 is 0 Å². The fourth-order valence-electron chi connectivity index (χ4n) is 2.29. The molecule has 1 aliphatic heterocycles. The van der Waals surface area contributed by atoms with Gasteiger partial charge in [-0.2, -0.15) is 0 Å². The fraction of sp³-hybridized carbons (Fsp3) is 0.714. The quantitative estimate of drug-likeness (QED) is 0.773. The number of aliphatic hydroxyl groups excluding tert-OH is 1. The van der Waals surface area contributed by atoms with E-state index in [9.17, 15) is 0 Å². The van der Waals surface area contributed by atoms with Gasteiger partial charge in [-0.1, -0.05) is 18.2 Å². The first-order chi connectivity index (χ1) is 8.78. The summed E-state index contributed by atoms with van der Waals surface area (Å²) in [5.74, 6) is 0. The molecule has 0 aromatic heterocycles. The maximum absolute atomic E-state index is 8.97. The molecule has 0 radical (unpaired) electrons. The third-order valence-corrected chi connectivity index (χ3v) is 3.66. The topological polar surface area (TPSA) is 35.9 Å². The molecule has 1 unspecified atom stereocenters. The first-order valence-electron chi connectivity index (χ1n) is 6.78. The van der Waals surface area contributed by atoms with Crippen LogP contribution in [0.25, 0.3) is 0 Å². The first-order valence-corrected chi connectivity index (χ1v) is 6.78. The molecule has 0 aromatic rings. The molecule has 2 rings (SSSR count). The van der Waals surface area contributed by atoms with Crippen LogP contribution in [0.5, 0.6) is 0 Å². The van der Waals surface area contributed by atoms with Crippen molar-refractivity contribution in [2.75, 3.05) is 53.0 Å². The van der Waals surface area contributed by atoms with Crippen LogP contribution in [0.4, 0.5) is 0 Å². The van der Waals surface area contributed by atoms with Crippen molar-refractivity contribution in [3.63, 3.8) is 0 Å². The van der Waals surface area contributed by atoms with Crippen molar-refractivity contribution >= 4 is 0 Å². The monoisotopic (exact) mass is 252 g/mol. The molecule has 1 N–H and O–H groups in total. The summed E-state index contributed by atoms with van der Waals surface area (Å²) in [5, 5.41) is 8.97. The Bertz CT molecular complexity index is 307. The van der Waals surface area contributed by atoms with Gasteiger partial charge in [-0.3, -0.25) is 4.90 Å². The minimum Gasteiger partial charge on any atom is -0.392 e. The maximum Gasteiger partial charge on any atom is 0.0794 e. The standard InChI is InChI=1S/C14H24N2O2/c1-15-6-8-16(9-7-15)10-11-18-14-4-2-13(12-17)3-5-14/h2-4,14,17H,5-12H2,1H3. The van der Waals surface area contributed by atoms with Crippen molar-refractivity contribution in [3.8, 4) is 0 Å². The molecule has 1 saturated heterocycles. The lowest BCUT2D eigenvalue weighted by Crippen LogP contribution is -2.45. The molecule has 0 spiro atoms. The van der Waals surface area contributed by atoms with Crippen LogP contribution in [0.3, 0.4) is 0 Å². The van der Waals surface area contributed by atoms with Gasteiger partial charge in [0.05, 0.1) is 19.3 Å². The average Bonchev–Trinajstić information content (AvgIpc) is 2.42. The highest BCUT2D eigenvalue weighted by atomic mass is 16.5. The van der Waals surface area contributed by atoms with Gasteiger partial charge in [-0.15, -0.1) is 0 Å². The van der Waals surface area contributed by atoms with Crippen molar-refractivity contribution in [3.05, 3.63) is 23.8 Å². The predicted molar refractivity (Wildman–Crippen MR) is 72.6 cm³/mol. The van der Waals surface area contributed by atoms with Crippen molar-refractivity contribution in [2.45, 2.75) is 12.5 Å². The lowest BCUT2D eigenvalue weighted by molar-refractivity contribution is 0.0529. The van der Waals surface area contributed by atoms with Crippen LogP contribution in [-0.2, 0) is 4.74 Å². The van der Waals surface area contributed by atoms with Crippen LogP contribution in [0.1, 0.15) is 6.42 Å². The zero-order valence-corrected chi connectivity index (χ0v) is 11.2. The summed E-state index contributed by atoms with van der Waals surface area (Å²) < 4.78 is 5.84. The number of aliphatic hydroxyl groups is 1. The van der Waals surface area contributed by atoms with E-state index in [0.29, 0.717) is 0 Å². The van der Waals surface area contributed by atoms with Gasteiger partial charge < -0.3 is 14.7 Å². The minimum atomic E-state index is 0.129. The number of hydrogen-bond acceptors (Lipinski definition) is 4. The summed E-state index contributed by atoms with van der Waals surface area (Å²) in [4.78, 5) is 4.82. The Labute approximate surface area is 110 Å². The Hall–Kier alpha value is -0.680. The van der Waals surface area contributed by atoms with Crippen LogP contribution in [-0.4, -0.2) is 74.0 Å². The number of nitrogens with zero attached hydrogens (tertiary/aromatic N) is 2. The number of rotatable bonds is 5. The van der Waals surface area contributed by atoms with E-state index in [-0.39, 0.29) is 12.7 Å². The molecule has 0 amide bonds. The minimum absolute atomic E-state index is 0.129. The van der Waals surface area contributed by atoms with Crippen LogP contribution < -0.4 is 0 Å². The van der Waals surface area contributed by atoms with Crippen molar-refractivity contribution in [1.82, 2.24) is 9.80 Å². The van der Waals surface area contributed by atoms with E-state index in [1.54, 1.807) is 0 Å². The second-order valence-corrected chi connectivity index (χ2v) is 5.09. The molecule has 0 aromatic carbocycles. The second kappa shape index (κ2) is 7.04. The zero-order valence-electron chi connectivity index (χ0n) is 11.2. The molecule has 102 valence electrons. The predicted octanol–water partition coefficient (Wildman–Crippen LogP) is 0.498. The highest BCUT2D eigenvalue weighted by Crippen LogP contribution is 2.12. The Morgan fingerprint density at radius 2 is 2.11 bits per heavy atom. The first kappa shape index (κ1) is 13.7. The lowest BCUT2D eigenvalue weighted by Gasteiger charge is -2.32. The summed E-state index contributed by atoms with van der Waals surface area (Å²) in [7, 11) is 2.17. The molecule has 1 atom stereocenters. The molecule has 18 heavy (non-hydrogen) atoms. The SMILES string of the molecule is CN1CCN(CCOC2C=CC(CO)=CC2)CC1. The van der Waals surface area contributed by atoms with Gasteiger partial charge in [0, 0.05) is 32.7 Å². The van der Waals surface area contributed by atoms with E-state index < -0.39 is 0 Å². The Balaban J connectivity index is 1.59. The highest BCUT2D eigenvalue weighted by Gasteiger charge is 2.14. The Kier molecular flexibility index (Phi) is 5.38. The molecule has 1 heterocycles. The van der Waals surface area contributed by atoms with Gasteiger partial charge >= 0.3 is 0 Å². The molecule has 4 heteroatoms. The molecular formula is C14H24N2O2. The van der Waals surface area contributed by atoms with Crippen LogP contribution in [0.15, 0.2) is 23.8 Å². The fourth-order valence-corrected chi connectivity index (χ4v) is 2.29. The van der Waals surface area contributed by atoms with Crippen LogP contribution in [0, 0.1) is 0 Å². The molecule has 1 aliphatic carbocycles. The van der Waals surface area contributed by atoms with Gasteiger partial charge in [0.15, 0.2) is 0 Å². The Morgan fingerprint density at radius 1 is 1.33 bits per heavy atom. The second-order valence-electron chi connectivity index (χ2n) is 5.09. The summed E-state index contributed by atoms with van der Waals surface area (Å²) in [6, 6.07) is 0. The number of piperazine rings is 1. The van der Waals surface area contributed by atoms with Gasteiger partial charge in [0.25, 0.3) is 0 Å². The normalized spacial score (nSPS) is 26.3. The van der Waals surface area contributed by atoms with E-state index in [4.69, 9.17) is 9.84 Å². The van der Waals surface area contributed by atoms with Gasteiger partial charge in [-0.05, 0) is 19.0 Å². The summed E-state index contributed by atoms with van der Waals surface area (Å²) >= 11 is 0. The molecule has 0 saturated carbocycles. The van der Waals surface area contributed by atoms with Crippen molar-refractivity contribution < 1.29 is 9.84 Å². The molecular weight excluding hydrogens is 228 g/mol. The highest BCUT2D eigenvalue weighted by molar-refractivity contribution is 5.24. The van der Waals surface area contributed by atoms with E-state index in [2.05, 4.69) is 29.0 Å². The van der Waals surface area contributed by atoms with Gasteiger partial charge in [0.1, 0.15) is 0 Å². The molecule has 1 fully saturated rings. The van der Waals surface area contributed by atoms with Crippen molar-refractivity contribution in [1.29, 1.82) is 0 Å². The largest absolute Gasteiger partial charge is 0.392 e. The number of hydrogen-bond donors (Lipinski definition) is 1. The zero-order chi connectivity index (χ0) is 12.8.